The molecule has 0 aliphatic rings. The van der Waals surface area contributed by atoms with Crippen molar-refractivity contribution in [2.24, 2.45) is 0 Å². The molecule has 2 aromatic carbocycles. The van der Waals surface area contributed by atoms with Crippen molar-refractivity contribution in [2.75, 3.05) is 0 Å². The first-order valence-corrected chi connectivity index (χ1v) is 7.37. The van der Waals surface area contributed by atoms with Gasteiger partial charge in [0.1, 0.15) is 0 Å². The van der Waals surface area contributed by atoms with Crippen molar-refractivity contribution >= 4 is 20.6 Å². The monoisotopic (exact) mass is 273 g/mol. The molecule has 0 unspecified atom stereocenters. The number of hydrogen-bond acceptors (Lipinski definition) is 4. The van der Waals surface area contributed by atoms with Gasteiger partial charge in [-0.05, 0) is 16.3 Å². The summed E-state index contributed by atoms with van der Waals surface area (Å²) in [4.78, 5) is 0. The van der Waals surface area contributed by atoms with Gasteiger partial charge in [0.25, 0.3) is 0 Å². The van der Waals surface area contributed by atoms with Crippen LogP contribution in [-0.2, 0) is 15.6 Å². The van der Waals surface area contributed by atoms with Gasteiger partial charge in [-0.15, -0.1) is 5.10 Å². The number of aromatic nitrogens is 3. The van der Waals surface area contributed by atoms with Gasteiger partial charge in [0, 0.05) is 0 Å². The van der Waals surface area contributed by atoms with Crippen molar-refractivity contribution in [3.05, 3.63) is 54.2 Å². The molecule has 3 aromatic rings. The van der Waals surface area contributed by atoms with Crippen LogP contribution in [0.2, 0.25) is 0 Å². The van der Waals surface area contributed by atoms with Gasteiger partial charge in [-0.25, -0.2) is 8.42 Å². The van der Waals surface area contributed by atoms with E-state index in [-0.39, 0.29) is 10.8 Å². The summed E-state index contributed by atoms with van der Waals surface area (Å²) in [5, 5.41) is 11.4. The number of benzene rings is 2. The number of rotatable bonds is 3. The lowest BCUT2D eigenvalue weighted by Gasteiger charge is -2.05. The summed E-state index contributed by atoms with van der Waals surface area (Å²) < 4.78 is 24.4. The third-order valence-electron chi connectivity index (χ3n) is 2.94. The molecule has 0 saturated heterocycles. The lowest BCUT2D eigenvalue weighted by molar-refractivity contribution is 0.591. The first-order valence-electron chi connectivity index (χ1n) is 5.72. The minimum Gasteiger partial charge on any atom is -0.222 e. The topological polar surface area (TPSA) is 75.7 Å². The highest BCUT2D eigenvalue weighted by molar-refractivity contribution is 7.90. The van der Waals surface area contributed by atoms with Crippen LogP contribution in [0.5, 0.6) is 0 Å². The Kier molecular flexibility index (Phi) is 2.79. The minimum atomic E-state index is -3.47. The summed E-state index contributed by atoms with van der Waals surface area (Å²) >= 11 is 0. The maximum atomic E-state index is 12.2. The van der Waals surface area contributed by atoms with E-state index in [1.807, 2.05) is 42.5 Å². The second kappa shape index (κ2) is 4.47. The van der Waals surface area contributed by atoms with Crippen LogP contribution in [0, 0.1) is 0 Å². The smallest absolute Gasteiger partial charge is 0.203 e. The summed E-state index contributed by atoms with van der Waals surface area (Å²) in [7, 11) is -3.47. The minimum absolute atomic E-state index is 0.0274. The molecule has 19 heavy (non-hydrogen) atoms. The highest BCUT2D eigenvalue weighted by atomic mass is 32.2. The lowest BCUT2D eigenvalue weighted by Crippen LogP contribution is -2.06. The largest absolute Gasteiger partial charge is 0.222 e. The van der Waals surface area contributed by atoms with Gasteiger partial charge in [0.05, 0.1) is 11.9 Å². The van der Waals surface area contributed by atoms with E-state index < -0.39 is 9.84 Å². The third kappa shape index (κ3) is 2.22. The van der Waals surface area contributed by atoms with Crippen LogP contribution in [0.4, 0.5) is 0 Å². The molecule has 3 rings (SSSR count). The van der Waals surface area contributed by atoms with E-state index in [9.17, 15) is 8.42 Å². The Bertz CT molecular complexity index is 806. The number of sulfone groups is 1. The predicted molar refractivity (Wildman–Crippen MR) is 71.2 cm³/mol. The first-order chi connectivity index (χ1) is 9.17. The highest BCUT2D eigenvalue weighted by Gasteiger charge is 2.19. The Balaban J connectivity index is 2.07. The first kappa shape index (κ1) is 11.9. The van der Waals surface area contributed by atoms with E-state index in [1.165, 1.54) is 6.20 Å². The van der Waals surface area contributed by atoms with Crippen LogP contribution in [0.25, 0.3) is 10.8 Å². The van der Waals surface area contributed by atoms with Crippen molar-refractivity contribution in [2.45, 2.75) is 10.8 Å². The number of aromatic amines is 1. The van der Waals surface area contributed by atoms with E-state index in [4.69, 9.17) is 0 Å². The van der Waals surface area contributed by atoms with Crippen LogP contribution in [0.3, 0.4) is 0 Å². The molecule has 0 bridgehead atoms. The van der Waals surface area contributed by atoms with Crippen LogP contribution in [-0.4, -0.2) is 23.8 Å². The molecule has 6 heteroatoms. The Morgan fingerprint density at radius 3 is 2.63 bits per heavy atom. The van der Waals surface area contributed by atoms with Crippen molar-refractivity contribution in [1.82, 2.24) is 15.4 Å². The van der Waals surface area contributed by atoms with Gasteiger partial charge in [-0.3, -0.25) is 0 Å². The van der Waals surface area contributed by atoms with E-state index in [2.05, 4.69) is 15.4 Å². The molecule has 5 nitrogen and oxygen atoms in total. The maximum absolute atomic E-state index is 12.2. The average molecular weight is 273 g/mol. The summed E-state index contributed by atoms with van der Waals surface area (Å²) in [6.07, 6.45) is 1.22. The van der Waals surface area contributed by atoms with E-state index in [0.29, 0.717) is 0 Å². The second-order valence-electron chi connectivity index (χ2n) is 4.21. The van der Waals surface area contributed by atoms with Crippen LogP contribution in [0.1, 0.15) is 5.56 Å². The van der Waals surface area contributed by atoms with Crippen molar-refractivity contribution in [1.29, 1.82) is 0 Å². The lowest BCUT2D eigenvalue weighted by atomic mass is 10.1. The Hall–Kier alpha value is -2.21. The molecule has 96 valence electrons. The molecule has 0 radical (unpaired) electrons. The van der Waals surface area contributed by atoms with Gasteiger partial charge >= 0.3 is 0 Å². The molecule has 0 fully saturated rings. The molecule has 0 amide bonds. The van der Waals surface area contributed by atoms with E-state index in [0.717, 1.165) is 16.3 Å². The molecular weight excluding hydrogens is 262 g/mol. The molecule has 1 N–H and O–H groups in total. The van der Waals surface area contributed by atoms with Crippen molar-refractivity contribution < 1.29 is 8.42 Å². The quantitative estimate of drug-likeness (QED) is 0.791. The average Bonchev–Trinajstić information content (AvgIpc) is 2.93. The molecule has 0 atom stereocenters. The molecule has 1 heterocycles. The van der Waals surface area contributed by atoms with Crippen molar-refractivity contribution in [3.8, 4) is 0 Å². The molecule has 0 saturated carbocycles. The maximum Gasteiger partial charge on any atom is 0.203 e. The van der Waals surface area contributed by atoms with Crippen LogP contribution in [0.15, 0.2) is 53.7 Å². The van der Waals surface area contributed by atoms with Crippen LogP contribution >= 0.6 is 0 Å². The van der Waals surface area contributed by atoms with E-state index in [1.54, 1.807) is 0 Å². The summed E-state index contributed by atoms with van der Waals surface area (Å²) in [5.41, 5.74) is 0.765. The normalized spacial score (nSPS) is 11.8. The van der Waals surface area contributed by atoms with Gasteiger partial charge in [-0.1, -0.05) is 42.5 Å². The highest BCUT2D eigenvalue weighted by Crippen LogP contribution is 2.22. The number of hydrogen-bond donors (Lipinski definition) is 1. The van der Waals surface area contributed by atoms with Gasteiger partial charge < -0.3 is 0 Å². The van der Waals surface area contributed by atoms with Gasteiger partial charge in [0.15, 0.2) is 5.03 Å². The zero-order valence-corrected chi connectivity index (χ0v) is 10.8. The number of nitrogens with one attached hydrogen (secondary N) is 1. The number of H-pyrrole nitrogens is 1. The summed E-state index contributed by atoms with van der Waals surface area (Å²) in [5.74, 6) is -0.0825. The summed E-state index contributed by atoms with van der Waals surface area (Å²) in [6, 6.07) is 13.3. The molecule has 1 aromatic heterocycles. The second-order valence-corrected chi connectivity index (χ2v) is 6.14. The Labute approximate surface area is 110 Å². The fraction of sp³-hybridized carbons (Fsp3) is 0.0769. The summed E-state index contributed by atoms with van der Waals surface area (Å²) in [6.45, 7) is 0. The fourth-order valence-electron chi connectivity index (χ4n) is 2.04. The standard InChI is InChI=1S/C13H11N3O2S/c17-19(18,13-8-14-16-15-13)9-11-6-3-5-10-4-1-2-7-12(10)11/h1-8H,9H2,(H,14,15,16). The third-order valence-corrected chi connectivity index (χ3v) is 4.46. The predicted octanol–water partition coefficient (Wildman–Crippen LogP) is 1.93. The zero-order valence-electron chi connectivity index (χ0n) is 9.95. The zero-order chi connectivity index (χ0) is 13.3. The molecule has 0 aliphatic carbocycles. The van der Waals surface area contributed by atoms with E-state index >= 15 is 0 Å². The molecular formula is C13H11N3O2S. The van der Waals surface area contributed by atoms with Gasteiger partial charge in [-0.2, -0.15) is 10.3 Å². The van der Waals surface area contributed by atoms with Gasteiger partial charge in [0.2, 0.25) is 9.84 Å². The van der Waals surface area contributed by atoms with Crippen LogP contribution < -0.4 is 0 Å². The fourth-order valence-corrected chi connectivity index (χ4v) is 3.24. The number of fused-ring (bicyclic) bond motifs is 1. The molecule has 0 spiro atoms. The number of nitrogens with zero attached hydrogens (tertiary/aromatic N) is 2. The Morgan fingerprint density at radius 1 is 1.05 bits per heavy atom. The molecule has 0 aliphatic heterocycles. The Morgan fingerprint density at radius 2 is 1.84 bits per heavy atom. The van der Waals surface area contributed by atoms with Crippen molar-refractivity contribution in [3.63, 3.8) is 0 Å². The SMILES string of the molecule is O=S(=O)(Cc1cccc2ccccc12)c1cn[nH]n1.